The first-order valence-corrected chi connectivity index (χ1v) is 7.03. The molecule has 0 aliphatic carbocycles. The van der Waals surface area contributed by atoms with Crippen molar-refractivity contribution in [3.63, 3.8) is 0 Å². The summed E-state index contributed by atoms with van der Waals surface area (Å²) in [5.41, 5.74) is 2.59. The summed E-state index contributed by atoms with van der Waals surface area (Å²) in [6.45, 7) is 6.65. The molecule has 4 nitrogen and oxygen atoms in total. The lowest BCUT2D eigenvalue weighted by Gasteiger charge is -2.28. The van der Waals surface area contributed by atoms with Gasteiger partial charge in [-0.1, -0.05) is 18.2 Å². The van der Waals surface area contributed by atoms with Crippen LogP contribution >= 0.6 is 0 Å². The van der Waals surface area contributed by atoms with Crippen molar-refractivity contribution in [3.05, 3.63) is 29.8 Å². The third-order valence-electron chi connectivity index (χ3n) is 4.06. The molecule has 2 atom stereocenters. The number of hydrogen-bond donors (Lipinski definition) is 2. The maximum Gasteiger partial charge on any atom is 0.317 e. The molecule has 3 rings (SSSR count). The highest BCUT2D eigenvalue weighted by Gasteiger charge is 2.39. The molecule has 2 amide bonds. The monoisotopic (exact) mass is 259 g/mol. The zero-order valence-electron chi connectivity index (χ0n) is 11.5. The number of anilines is 1. The minimum absolute atomic E-state index is 0.0712. The highest BCUT2D eigenvalue weighted by atomic mass is 16.2. The van der Waals surface area contributed by atoms with Crippen molar-refractivity contribution in [1.29, 1.82) is 0 Å². The molecule has 2 aliphatic heterocycles. The Hall–Kier alpha value is -1.71. The average Bonchev–Trinajstić information content (AvgIpc) is 2.82. The molecule has 1 aromatic rings. The minimum atomic E-state index is 0.0712. The molecule has 0 unspecified atom stereocenters. The number of likely N-dealkylation sites (tertiary alicyclic amines) is 1. The highest BCUT2D eigenvalue weighted by molar-refractivity contribution is 5.75. The van der Waals surface area contributed by atoms with E-state index in [0.29, 0.717) is 11.8 Å². The van der Waals surface area contributed by atoms with E-state index in [-0.39, 0.29) is 12.1 Å². The second kappa shape index (κ2) is 4.76. The van der Waals surface area contributed by atoms with E-state index in [0.717, 1.165) is 19.6 Å². The quantitative estimate of drug-likeness (QED) is 0.812. The number of nitrogens with one attached hydrogen (secondary N) is 2. The molecule has 102 valence electrons. The summed E-state index contributed by atoms with van der Waals surface area (Å²) in [4.78, 5) is 14.1. The second-order valence-corrected chi connectivity index (χ2v) is 5.84. The van der Waals surface area contributed by atoms with Gasteiger partial charge in [-0.2, -0.15) is 0 Å². The molecule has 2 N–H and O–H groups in total. The summed E-state index contributed by atoms with van der Waals surface area (Å²) >= 11 is 0. The Morgan fingerprint density at radius 3 is 2.95 bits per heavy atom. The predicted molar refractivity (Wildman–Crippen MR) is 76.4 cm³/mol. The number of rotatable bonds is 1. The van der Waals surface area contributed by atoms with Crippen molar-refractivity contribution in [2.45, 2.75) is 25.8 Å². The number of benzene rings is 1. The number of para-hydroxylation sites is 1. The predicted octanol–water partition coefficient (Wildman–Crippen LogP) is 2.25. The van der Waals surface area contributed by atoms with Crippen LogP contribution in [0.4, 0.5) is 10.5 Å². The first-order valence-electron chi connectivity index (χ1n) is 7.03. The minimum Gasteiger partial charge on any atom is -0.384 e. The van der Waals surface area contributed by atoms with E-state index < -0.39 is 0 Å². The Morgan fingerprint density at radius 2 is 2.16 bits per heavy atom. The SMILES string of the molecule is CC(C)NC(=O)N1C[C@@H]2CNc3ccccc3[C@H]2C1. The summed E-state index contributed by atoms with van der Waals surface area (Å²) in [6, 6.07) is 8.72. The maximum atomic E-state index is 12.1. The van der Waals surface area contributed by atoms with Crippen LogP contribution in [0.25, 0.3) is 0 Å². The van der Waals surface area contributed by atoms with Crippen LogP contribution in [0.15, 0.2) is 24.3 Å². The summed E-state index contributed by atoms with van der Waals surface area (Å²) < 4.78 is 0. The Labute approximate surface area is 114 Å². The van der Waals surface area contributed by atoms with Gasteiger partial charge in [0.2, 0.25) is 0 Å². The van der Waals surface area contributed by atoms with Crippen molar-refractivity contribution in [1.82, 2.24) is 10.2 Å². The zero-order valence-corrected chi connectivity index (χ0v) is 11.5. The fourth-order valence-electron chi connectivity index (χ4n) is 3.16. The van der Waals surface area contributed by atoms with E-state index >= 15 is 0 Å². The normalized spacial score (nSPS) is 24.7. The van der Waals surface area contributed by atoms with Crippen LogP contribution in [0.1, 0.15) is 25.3 Å². The van der Waals surface area contributed by atoms with Gasteiger partial charge in [-0.25, -0.2) is 4.79 Å². The van der Waals surface area contributed by atoms with Crippen molar-refractivity contribution in [2.24, 2.45) is 5.92 Å². The smallest absolute Gasteiger partial charge is 0.317 e. The molecule has 0 radical (unpaired) electrons. The third kappa shape index (κ3) is 2.27. The van der Waals surface area contributed by atoms with E-state index in [1.807, 2.05) is 18.7 Å². The number of carbonyl (C=O) groups is 1. The molecule has 4 heteroatoms. The largest absolute Gasteiger partial charge is 0.384 e. The molecular weight excluding hydrogens is 238 g/mol. The van der Waals surface area contributed by atoms with E-state index in [9.17, 15) is 4.79 Å². The van der Waals surface area contributed by atoms with Crippen LogP contribution in [0.3, 0.4) is 0 Å². The zero-order chi connectivity index (χ0) is 13.4. The number of hydrogen-bond acceptors (Lipinski definition) is 2. The van der Waals surface area contributed by atoms with Crippen molar-refractivity contribution < 1.29 is 4.79 Å². The average molecular weight is 259 g/mol. The van der Waals surface area contributed by atoms with Gasteiger partial charge in [0.25, 0.3) is 0 Å². The lowest BCUT2D eigenvalue weighted by molar-refractivity contribution is 0.204. The number of nitrogens with zero attached hydrogens (tertiary/aromatic N) is 1. The lowest BCUT2D eigenvalue weighted by atomic mass is 9.85. The van der Waals surface area contributed by atoms with Gasteiger partial charge < -0.3 is 15.5 Å². The fourth-order valence-corrected chi connectivity index (χ4v) is 3.16. The fraction of sp³-hybridized carbons (Fsp3) is 0.533. The van der Waals surface area contributed by atoms with Crippen LogP contribution in [0.5, 0.6) is 0 Å². The third-order valence-corrected chi connectivity index (χ3v) is 4.06. The van der Waals surface area contributed by atoms with Crippen molar-refractivity contribution in [2.75, 3.05) is 25.0 Å². The van der Waals surface area contributed by atoms with Crippen molar-refractivity contribution in [3.8, 4) is 0 Å². The Balaban J connectivity index is 1.77. The van der Waals surface area contributed by atoms with Crippen LogP contribution in [0, 0.1) is 5.92 Å². The van der Waals surface area contributed by atoms with Gasteiger partial charge in [-0.05, 0) is 25.5 Å². The molecule has 2 aliphatic rings. The molecule has 1 aromatic carbocycles. The van der Waals surface area contributed by atoms with Gasteiger partial charge in [-0.3, -0.25) is 0 Å². The Kier molecular flexibility index (Phi) is 3.09. The summed E-state index contributed by atoms with van der Waals surface area (Å²) in [7, 11) is 0. The van der Waals surface area contributed by atoms with Gasteiger partial charge in [0.15, 0.2) is 0 Å². The van der Waals surface area contributed by atoms with Crippen LogP contribution in [0.2, 0.25) is 0 Å². The summed E-state index contributed by atoms with van der Waals surface area (Å²) in [5, 5.41) is 6.46. The molecule has 0 spiro atoms. The maximum absolute atomic E-state index is 12.1. The van der Waals surface area contributed by atoms with E-state index in [1.165, 1.54) is 11.3 Å². The topological polar surface area (TPSA) is 44.4 Å². The number of carbonyl (C=O) groups excluding carboxylic acids is 1. The molecule has 0 bridgehead atoms. The molecule has 0 aromatic heterocycles. The van der Waals surface area contributed by atoms with Gasteiger partial charge in [-0.15, -0.1) is 0 Å². The first kappa shape index (κ1) is 12.3. The molecular formula is C15H21N3O. The van der Waals surface area contributed by atoms with E-state index in [2.05, 4.69) is 34.9 Å². The van der Waals surface area contributed by atoms with Crippen LogP contribution < -0.4 is 10.6 Å². The van der Waals surface area contributed by atoms with Gasteiger partial charge >= 0.3 is 6.03 Å². The van der Waals surface area contributed by atoms with Crippen LogP contribution in [-0.2, 0) is 0 Å². The van der Waals surface area contributed by atoms with Gasteiger partial charge in [0, 0.05) is 43.2 Å². The summed E-state index contributed by atoms with van der Waals surface area (Å²) in [6.07, 6.45) is 0. The van der Waals surface area contributed by atoms with E-state index in [4.69, 9.17) is 0 Å². The summed E-state index contributed by atoms with van der Waals surface area (Å²) in [5.74, 6) is 1.02. The Bertz CT molecular complexity index is 486. The lowest BCUT2D eigenvalue weighted by Crippen LogP contribution is -2.42. The molecule has 19 heavy (non-hydrogen) atoms. The number of amides is 2. The molecule has 1 saturated heterocycles. The number of fused-ring (bicyclic) bond motifs is 3. The molecule has 2 heterocycles. The van der Waals surface area contributed by atoms with Crippen LogP contribution in [-0.4, -0.2) is 36.6 Å². The van der Waals surface area contributed by atoms with Gasteiger partial charge in [0.05, 0.1) is 0 Å². The first-order chi connectivity index (χ1) is 9.15. The van der Waals surface area contributed by atoms with Gasteiger partial charge in [0.1, 0.15) is 0 Å². The highest BCUT2D eigenvalue weighted by Crippen LogP contribution is 2.39. The molecule has 0 saturated carbocycles. The standard InChI is InChI=1S/C15H21N3O/c1-10(2)17-15(19)18-8-11-7-16-14-6-4-3-5-12(14)13(11)9-18/h3-6,10-11,13,16H,7-9H2,1-2H3,(H,17,19)/t11-,13-/m0/s1. The van der Waals surface area contributed by atoms with Crippen molar-refractivity contribution >= 4 is 11.7 Å². The molecule has 1 fully saturated rings. The second-order valence-electron chi connectivity index (χ2n) is 5.84. The Morgan fingerprint density at radius 1 is 1.37 bits per heavy atom. The number of urea groups is 1. The van der Waals surface area contributed by atoms with E-state index in [1.54, 1.807) is 0 Å².